The molecule has 3 aromatic heterocycles. The Hall–Kier alpha value is -2.92. The summed E-state index contributed by atoms with van der Waals surface area (Å²) in [7, 11) is 2.11. The standard InChI is InChI=1S/C19H19N5/c1-24(12-14-5-6-15-7-9-21-18(15)10-14)13-16-11-19(23-22-16)17-4-2-3-8-20-17/h2-11,21H,12-13H2,1H3,(H,22,23). The summed E-state index contributed by atoms with van der Waals surface area (Å²) in [4.78, 5) is 9.86. The van der Waals surface area contributed by atoms with Gasteiger partial charge in [-0.25, -0.2) is 0 Å². The molecule has 0 radical (unpaired) electrons. The summed E-state index contributed by atoms with van der Waals surface area (Å²) in [5.41, 5.74) is 5.32. The number of fused-ring (bicyclic) bond motifs is 1. The van der Waals surface area contributed by atoms with Crippen molar-refractivity contribution in [2.45, 2.75) is 13.1 Å². The van der Waals surface area contributed by atoms with Crippen molar-refractivity contribution in [1.82, 2.24) is 25.1 Å². The van der Waals surface area contributed by atoms with Crippen molar-refractivity contribution in [2.75, 3.05) is 7.05 Å². The Kier molecular flexibility index (Phi) is 3.84. The van der Waals surface area contributed by atoms with Crippen LogP contribution in [0.1, 0.15) is 11.3 Å². The smallest absolute Gasteiger partial charge is 0.111 e. The molecule has 0 bridgehead atoms. The Morgan fingerprint density at radius 3 is 2.83 bits per heavy atom. The molecule has 0 spiro atoms. The maximum atomic E-state index is 4.36. The molecule has 24 heavy (non-hydrogen) atoms. The minimum absolute atomic E-state index is 0.808. The first-order valence-electron chi connectivity index (χ1n) is 7.98. The third-order valence-corrected chi connectivity index (χ3v) is 4.07. The Labute approximate surface area is 140 Å². The quantitative estimate of drug-likeness (QED) is 0.591. The van der Waals surface area contributed by atoms with Crippen LogP contribution in [0.2, 0.25) is 0 Å². The summed E-state index contributed by atoms with van der Waals surface area (Å²) in [5, 5.41) is 8.72. The van der Waals surface area contributed by atoms with Crippen LogP contribution in [-0.4, -0.2) is 32.1 Å². The van der Waals surface area contributed by atoms with Gasteiger partial charge in [0.05, 0.1) is 5.69 Å². The molecule has 0 saturated carbocycles. The van der Waals surface area contributed by atoms with Gasteiger partial charge in [0.25, 0.3) is 0 Å². The van der Waals surface area contributed by atoms with E-state index in [-0.39, 0.29) is 0 Å². The Morgan fingerprint density at radius 1 is 1.00 bits per heavy atom. The van der Waals surface area contributed by atoms with Crippen LogP contribution in [0, 0.1) is 0 Å². The van der Waals surface area contributed by atoms with Crippen LogP contribution in [0.4, 0.5) is 0 Å². The second kappa shape index (κ2) is 6.29. The molecule has 3 heterocycles. The fourth-order valence-electron chi connectivity index (χ4n) is 2.94. The fourth-order valence-corrected chi connectivity index (χ4v) is 2.94. The molecular weight excluding hydrogens is 298 g/mol. The van der Waals surface area contributed by atoms with Crippen molar-refractivity contribution < 1.29 is 0 Å². The van der Waals surface area contributed by atoms with Crippen molar-refractivity contribution >= 4 is 10.9 Å². The van der Waals surface area contributed by atoms with Crippen molar-refractivity contribution in [2.24, 2.45) is 0 Å². The lowest BCUT2D eigenvalue weighted by molar-refractivity contribution is 0.315. The average Bonchev–Trinajstić information content (AvgIpc) is 3.24. The van der Waals surface area contributed by atoms with Crippen LogP contribution in [0.25, 0.3) is 22.3 Å². The lowest BCUT2D eigenvalue weighted by Gasteiger charge is -2.15. The maximum Gasteiger partial charge on any atom is 0.111 e. The van der Waals surface area contributed by atoms with Crippen LogP contribution in [-0.2, 0) is 13.1 Å². The van der Waals surface area contributed by atoms with Crippen LogP contribution >= 0.6 is 0 Å². The van der Waals surface area contributed by atoms with E-state index < -0.39 is 0 Å². The third kappa shape index (κ3) is 3.07. The number of nitrogens with zero attached hydrogens (tertiary/aromatic N) is 3. The average molecular weight is 317 g/mol. The van der Waals surface area contributed by atoms with Gasteiger partial charge >= 0.3 is 0 Å². The zero-order valence-corrected chi connectivity index (χ0v) is 13.5. The molecule has 0 aliphatic carbocycles. The SMILES string of the molecule is CN(Cc1ccc2cc[nH]c2c1)Cc1cc(-c2ccccn2)n[nH]1. The topological polar surface area (TPSA) is 60.6 Å². The van der Waals surface area contributed by atoms with E-state index in [2.05, 4.69) is 62.4 Å². The predicted molar refractivity (Wildman–Crippen MR) is 95.3 cm³/mol. The van der Waals surface area contributed by atoms with E-state index in [1.165, 1.54) is 16.5 Å². The number of hydrogen-bond donors (Lipinski definition) is 2. The maximum absolute atomic E-state index is 4.36. The summed E-state index contributed by atoms with van der Waals surface area (Å²) in [6.07, 6.45) is 3.76. The number of pyridine rings is 1. The van der Waals surface area contributed by atoms with Gasteiger partial charge in [-0.2, -0.15) is 5.10 Å². The molecule has 0 aliphatic rings. The first kappa shape index (κ1) is 14.7. The normalized spacial score (nSPS) is 11.4. The molecule has 120 valence electrons. The highest BCUT2D eigenvalue weighted by molar-refractivity contribution is 5.79. The molecule has 0 amide bonds. The highest BCUT2D eigenvalue weighted by Gasteiger charge is 2.08. The van der Waals surface area contributed by atoms with E-state index in [1.54, 1.807) is 6.20 Å². The van der Waals surface area contributed by atoms with E-state index in [0.717, 1.165) is 30.2 Å². The third-order valence-electron chi connectivity index (χ3n) is 4.07. The number of aromatic amines is 2. The number of H-pyrrole nitrogens is 2. The zero-order chi connectivity index (χ0) is 16.4. The first-order valence-corrected chi connectivity index (χ1v) is 7.98. The first-order chi connectivity index (χ1) is 11.8. The predicted octanol–water partition coefficient (Wildman–Crippen LogP) is 3.59. The van der Waals surface area contributed by atoms with Gasteiger partial charge < -0.3 is 4.98 Å². The second-order valence-electron chi connectivity index (χ2n) is 6.06. The van der Waals surface area contributed by atoms with E-state index in [9.17, 15) is 0 Å². The Morgan fingerprint density at radius 2 is 1.96 bits per heavy atom. The fraction of sp³-hybridized carbons (Fsp3) is 0.158. The van der Waals surface area contributed by atoms with Gasteiger partial charge in [-0.1, -0.05) is 18.2 Å². The monoisotopic (exact) mass is 317 g/mol. The molecular formula is C19H19N5. The number of aromatic nitrogens is 4. The van der Waals surface area contributed by atoms with Crippen LogP contribution < -0.4 is 0 Å². The van der Waals surface area contributed by atoms with Crippen LogP contribution in [0.5, 0.6) is 0 Å². The highest BCUT2D eigenvalue weighted by Crippen LogP contribution is 2.17. The minimum atomic E-state index is 0.808. The molecule has 5 heteroatoms. The number of nitrogens with one attached hydrogen (secondary N) is 2. The van der Waals surface area contributed by atoms with Gasteiger partial charge in [0.2, 0.25) is 0 Å². The molecule has 0 saturated heterocycles. The second-order valence-corrected chi connectivity index (χ2v) is 6.06. The summed E-state index contributed by atoms with van der Waals surface area (Å²) >= 11 is 0. The molecule has 0 atom stereocenters. The summed E-state index contributed by atoms with van der Waals surface area (Å²) in [6.45, 7) is 1.69. The van der Waals surface area contributed by atoms with Gasteiger partial charge in [0, 0.05) is 36.7 Å². The molecule has 5 nitrogen and oxygen atoms in total. The number of rotatable bonds is 5. The zero-order valence-electron chi connectivity index (χ0n) is 13.5. The Bertz CT molecular complexity index is 938. The van der Waals surface area contributed by atoms with E-state index in [4.69, 9.17) is 0 Å². The van der Waals surface area contributed by atoms with Crippen molar-refractivity contribution in [3.8, 4) is 11.4 Å². The van der Waals surface area contributed by atoms with Crippen molar-refractivity contribution in [3.05, 3.63) is 72.2 Å². The minimum Gasteiger partial charge on any atom is -0.361 e. The van der Waals surface area contributed by atoms with Crippen LogP contribution in [0.3, 0.4) is 0 Å². The molecule has 2 N–H and O–H groups in total. The molecule has 0 aliphatic heterocycles. The molecule has 0 fully saturated rings. The van der Waals surface area contributed by atoms with Crippen molar-refractivity contribution in [3.63, 3.8) is 0 Å². The van der Waals surface area contributed by atoms with E-state index >= 15 is 0 Å². The van der Waals surface area contributed by atoms with Gasteiger partial charge in [-0.05, 0) is 48.3 Å². The molecule has 0 unspecified atom stereocenters. The number of hydrogen-bond acceptors (Lipinski definition) is 3. The van der Waals surface area contributed by atoms with Gasteiger partial charge in [0.1, 0.15) is 5.69 Å². The molecule has 4 rings (SSSR count). The van der Waals surface area contributed by atoms with E-state index in [0.29, 0.717) is 0 Å². The van der Waals surface area contributed by atoms with Crippen molar-refractivity contribution in [1.29, 1.82) is 0 Å². The van der Waals surface area contributed by atoms with E-state index in [1.807, 2.05) is 24.4 Å². The summed E-state index contributed by atoms with van der Waals surface area (Å²) < 4.78 is 0. The van der Waals surface area contributed by atoms with Gasteiger partial charge in [0.15, 0.2) is 0 Å². The highest BCUT2D eigenvalue weighted by atomic mass is 15.2. The van der Waals surface area contributed by atoms with Crippen LogP contribution in [0.15, 0.2) is 60.9 Å². The largest absolute Gasteiger partial charge is 0.361 e. The summed E-state index contributed by atoms with van der Waals surface area (Å²) in [6, 6.07) is 16.5. The molecule has 1 aromatic carbocycles. The lowest BCUT2D eigenvalue weighted by Crippen LogP contribution is -2.17. The lowest BCUT2D eigenvalue weighted by atomic mass is 10.1. The number of benzene rings is 1. The molecule has 4 aromatic rings. The van der Waals surface area contributed by atoms with Gasteiger partial charge in [-0.3, -0.25) is 15.0 Å². The summed E-state index contributed by atoms with van der Waals surface area (Å²) in [5.74, 6) is 0. The van der Waals surface area contributed by atoms with Gasteiger partial charge in [-0.15, -0.1) is 0 Å². The Balaban J connectivity index is 1.44.